The number of rotatable bonds is 10. The van der Waals surface area contributed by atoms with Crippen molar-refractivity contribution < 1.29 is 8.78 Å². The molecule has 0 aliphatic heterocycles. The molecule has 3 aromatic carbocycles. The molecule has 8 aromatic rings. The summed E-state index contributed by atoms with van der Waals surface area (Å²) in [6.07, 6.45) is 7.55. The number of hydrogen-bond donors (Lipinski definition) is 3. The summed E-state index contributed by atoms with van der Waals surface area (Å²) in [5.74, 6) is 0.255. The predicted octanol–water partition coefficient (Wildman–Crippen LogP) is 7.76. The van der Waals surface area contributed by atoms with Crippen molar-refractivity contribution in [3.63, 3.8) is 0 Å². The van der Waals surface area contributed by atoms with Gasteiger partial charge in [-0.1, -0.05) is 66.7 Å². The molecule has 0 aliphatic rings. The van der Waals surface area contributed by atoms with Crippen molar-refractivity contribution in [2.45, 2.75) is 26.3 Å². The van der Waals surface area contributed by atoms with Crippen molar-refractivity contribution in [2.24, 2.45) is 0 Å². The molecule has 8 rings (SSSR count). The van der Waals surface area contributed by atoms with E-state index in [1.54, 1.807) is 16.8 Å². The molecule has 0 amide bonds. The Morgan fingerprint density at radius 3 is 1.82 bits per heavy atom. The van der Waals surface area contributed by atoms with Crippen LogP contribution in [0.15, 0.2) is 122 Å². The molecular weight excluding hydrogens is 634 g/mol. The van der Waals surface area contributed by atoms with Crippen LogP contribution in [-0.2, 0) is 13.0 Å². The third kappa shape index (κ3) is 7.34. The fraction of sp³-hybridized carbons (Fsp3) is 0.132. The second kappa shape index (κ2) is 14.8. The summed E-state index contributed by atoms with van der Waals surface area (Å²) in [6.45, 7) is 3.12. The lowest BCUT2D eigenvalue weighted by Crippen LogP contribution is -2.07. The summed E-state index contributed by atoms with van der Waals surface area (Å²) in [4.78, 5) is 8.79. The highest BCUT2D eigenvalue weighted by Gasteiger charge is 2.10. The van der Waals surface area contributed by atoms with Crippen LogP contribution in [0.4, 0.5) is 20.4 Å². The van der Waals surface area contributed by atoms with Crippen LogP contribution < -0.4 is 10.6 Å². The van der Waals surface area contributed by atoms with E-state index in [0.717, 1.165) is 70.8 Å². The highest BCUT2D eigenvalue weighted by molar-refractivity contribution is 5.64. The number of nitrogens with one attached hydrogen (secondary N) is 3. The topological polar surface area (TPSA) is 113 Å². The van der Waals surface area contributed by atoms with E-state index in [9.17, 15) is 8.78 Å². The second-order valence-corrected chi connectivity index (χ2v) is 11.6. The third-order valence-electron chi connectivity index (χ3n) is 8.20. The van der Waals surface area contributed by atoms with Gasteiger partial charge in [0.25, 0.3) is 0 Å². The first-order chi connectivity index (χ1) is 24.5. The van der Waals surface area contributed by atoms with E-state index in [2.05, 4.69) is 60.1 Å². The Bertz CT molecular complexity index is 2330. The lowest BCUT2D eigenvalue weighted by molar-refractivity contribution is 0.574. The zero-order valence-corrected chi connectivity index (χ0v) is 27.3. The van der Waals surface area contributed by atoms with Gasteiger partial charge in [-0.2, -0.15) is 5.10 Å². The molecule has 12 heteroatoms. The van der Waals surface area contributed by atoms with Crippen LogP contribution in [-0.4, -0.2) is 45.9 Å². The van der Waals surface area contributed by atoms with E-state index < -0.39 is 11.6 Å². The maximum atomic E-state index is 13.7. The Labute approximate surface area is 286 Å². The van der Waals surface area contributed by atoms with Crippen LogP contribution in [0.3, 0.4) is 0 Å². The molecule has 250 valence electrons. The van der Waals surface area contributed by atoms with E-state index >= 15 is 0 Å². The minimum Gasteiger partial charge on any atom is -0.369 e. The summed E-state index contributed by atoms with van der Waals surface area (Å²) < 4.78 is 30.3. The van der Waals surface area contributed by atoms with Gasteiger partial charge in [0.2, 0.25) is 0 Å². The van der Waals surface area contributed by atoms with Gasteiger partial charge in [-0.15, -0.1) is 10.2 Å². The molecule has 0 saturated carbocycles. The van der Waals surface area contributed by atoms with Crippen LogP contribution in [0.25, 0.3) is 33.8 Å². The van der Waals surface area contributed by atoms with Crippen LogP contribution in [0.5, 0.6) is 0 Å². The molecule has 0 unspecified atom stereocenters. The number of halogens is 2. The number of nitrogens with zero attached hydrogens (tertiary/aromatic N) is 7. The van der Waals surface area contributed by atoms with Crippen molar-refractivity contribution >= 4 is 22.9 Å². The standard InChI is InChI=1S/C19H14F2N4.C19H20N6/c20-15-7-6-14(16(21)10-15)11-22-18-8-9-19-23-12-17(25(19)24-18)13-4-2-1-3-5-13;1-14-16(12-22-23-14)8-5-11-20-18-9-10-19-21-13-17(25(19)24-18)15-6-3-2-4-7-15/h1-10,12H,11H2,(H,22,24);2-4,6-7,9-10,12-13H,5,8,11H2,1H3,(H,20,24)(H,22,23). The first-order valence-electron chi connectivity index (χ1n) is 16.2. The van der Waals surface area contributed by atoms with Gasteiger partial charge in [-0.25, -0.2) is 27.8 Å². The number of imidazole rings is 2. The summed E-state index contributed by atoms with van der Waals surface area (Å²) in [5, 5.41) is 22.7. The zero-order chi connectivity index (χ0) is 34.3. The lowest BCUT2D eigenvalue weighted by atomic mass is 10.1. The average Bonchev–Trinajstić information content (AvgIpc) is 3.89. The Balaban J connectivity index is 0.000000157. The van der Waals surface area contributed by atoms with Gasteiger partial charge in [0.15, 0.2) is 11.3 Å². The Morgan fingerprint density at radius 1 is 0.660 bits per heavy atom. The molecule has 0 spiro atoms. The molecule has 0 bridgehead atoms. The van der Waals surface area contributed by atoms with Crippen molar-refractivity contribution in [3.05, 3.63) is 150 Å². The number of anilines is 2. The number of hydrogen-bond acceptors (Lipinski definition) is 7. The first kappa shape index (κ1) is 32.1. The van der Waals surface area contributed by atoms with Gasteiger partial charge >= 0.3 is 0 Å². The largest absolute Gasteiger partial charge is 0.369 e. The summed E-state index contributed by atoms with van der Waals surface area (Å²) in [6, 6.07) is 31.1. The fourth-order valence-corrected chi connectivity index (χ4v) is 5.52. The molecule has 0 aliphatic carbocycles. The molecule has 0 saturated heterocycles. The summed E-state index contributed by atoms with van der Waals surface area (Å²) >= 11 is 0. The van der Waals surface area contributed by atoms with Crippen LogP contribution >= 0.6 is 0 Å². The fourth-order valence-electron chi connectivity index (χ4n) is 5.52. The van der Waals surface area contributed by atoms with Crippen molar-refractivity contribution in [1.29, 1.82) is 0 Å². The highest BCUT2D eigenvalue weighted by Crippen LogP contribution is 2.22. The van der Waals surface area contributed by atoms with Crippen molar-refractivity contribution in [2.75, 3.05) is 17.2 Å². The quantitative estimate of drug-likeness (QED) is 0.128. The molecule has 5 heterocycles. The number of fused-ring (bicyclic) bond motifs is 2. The number of H-pyrrole nitrogens is 1. The second-order valence-electron chi connectivity index (χ2n) is 11.6. The van der Waals surface area contributed by atoms with Gasteiger partial charge in [0.05, 0.1) is 30.0 Å². The molecule has 3 N–H and O–H groups in total. The summed E-state index contributed by atoms with van der Waals surface area (Å²) in [7, 11) is 0. The maximum Gasteiger partial charge on any atom is 0.154 e. The van der Waals surface area contributed by atoms with E-state index in [1.807, 2.05) is 83.6 Å². The molecule has 5 aromatic heterocycles. The number of aromatic nitrogens is 8. The number of aromatic amines is 1. The smallest absolute Gasteiger partial charge is 0.154 e. The van der Waals surface area contributed by atoms with Gasteiger partial charge in [0, 0.05) is 41.5 Å². The molecule has 10 nitrogen and oxygen atoms in total. The number of benzene rings is 3. The molecule has 50 heavy (non-hydrogen) atoms. The summed E-state index contributed by atoms with van der Waals surface area (Å²) in [5.41, 5.74) is 8.32. The monoisotopic (exact) mass is 668 g/mol. The lowest BCUT2D eigenvalue weighted by Gasteiger charge is -2.08. The van der Waals surface area contributed by atoms with Gasteiger partial charge < -0.3 is 10.6 Å². The Morgan fingerprint density at radius 2 is 1.26 bits per heavy atom. The van der Waals surface area contributed by atoms with E-state index in [0.29, 0.717) is 11.4 Å². The van der Waals surface area contributed by atoms with Gasteiger partial charge in [-0.05, 0) is 55.7 Å². The predicted molar refractivity (Wildman–Crippen MR) is 191 cm³/mol. The van der Waals surface area contributed by atoms with E-state index in [4.69, 9.17) is 0 Å². The molecular formula is C38H34F2N10. The Kier molecular flexibility index (Phi) is 9.49. The average molecular weight is 669 g/mol. The first-order valence-corrected chi connectivity index (χ1v) is 16.2. The van der Waals surface area contributed by atoms with Gasteiger partial charge in [0.1, 0.15) is 23.3 Å². The van der Waals surface area contributed by atoms with Crippen LogP contribution in [0.2, 0.25) is 0 Å². The minimum absolute atomic E-state index is 0.208. The molecule has 0 radical (unpaired) electrons. The minimum atomic E-state index is -0.591. The van der Waals surface area contributed by atoms with Crippen LogP contribution in [0, 0.1) is 18.6 Å². The van der Waals surface area contributed by atoms with Gasteiger partial charge in [-0.3, -0.25) is 5.10 Å². The van der Waals surface area contributed by atoms with Crippen molar-refractivity contribution in [3.8, 4) is 22.5 Å². The normalized spacial score (nSPS) is 11.0. The molecule has 0 atom stereocenters. The highest BCUT2D eigenvalue weighted by atomic mass is 19.1. The SMILES string of the molecule is Cc1[nH]ncc1CCCNc1ccc2ncc(-c3ccccc3)n2n1.Fc1ccc(CNc2ccc3ncc(-c4ccccc4)n3n2)c(F)c1. The van der Waals surface area contributed by atoms with Crippen LogP contribution in [0.1, 0.15) is 23.2 Å². The zero-order valence-electron chi connectivity index (χ0n) is 27.3. The van der Waals surface area contributed by atoms with Crippen molar-refractivity contribution in [1.82, 2.24) is 39.4 Å². The third-order valence-corrected chi connectivity index (χ3v) is 8.20. The van der Waals surface area contributed by atoms with E-state index in [-0.39, 0.29) is 6.54 Å². The number of aryl methyl sites for hydroxylation is 2. The Hall–Kier alpha value is -6.43. The van der Waals surface area contributed by atoms with E-state index in [1.165, 1.54) is 17.7 Å². The molecule has 0 fully saturated rings. The maximum absolute atomic E-state index is 13.7.